The molecule has 6 rings (SSSR count). The maximum absolute atomic E-state index is 13.1. The minimum atomic E-state index is 0.272. The molecular weight excluding hydrogens is 372 g/mol. The van der Waals surface area contributed by atoms with E-state index in [2.05, 4.69) is 35.6 Å². The average Bonchev–Trinajstić information content (AvgIpc) is 3.36. The highest BCUT2D eigenvalue weighted by atomic mass is 16.1. The normalized spacial score (nSPS) is 15.3. The second kappa shape index (κ2) is 5.97. The molecule has 0 amide bonds. The lowest BCUT2D eigenvalue weighted by atomic mass is 9.82. The predicted octanol–water partition coefficient (Wildman–Crippen LogP) is 4.66. The van der Waals surface area contributed by atoms with Gasteiger partial charge < -0.3 is 10.3 Å². The molecule has 30 heavy (non-hydrogen) atoms. The lowest BCUT2D eigenvalue weighted by Crippen LogP contribution is -2.13. The number of nitrogens with two attached hydrogens (primary N) is 1. The Balaban J connectivity index is 1.86. The minimum Gasteiger partial charge on any atom is -0.399 e. The van der Waals surface area contributed by atoms with Gasteiger partial charge in [0.2, 0.25) is 0 Å². The number of anilines is 1. The molecule has 0 saturated carbocycles. The van der Waals surface area contributed by atoms with E-state index < -0.39 is 0 Å². The van der Waals surface area contributed by atoms with Crippen molar-refractivity contribution in [1.82, 2.24) is 14.3 Å². The Bertz CT molecular complexity index is 1390. The quantitative estimate of drug-likeness (QED) is 0.500. The highest BCUT2D eigenvalue weighted by molar-refractivity contribution is 6.20. The van der Waals surface area contributed by atoms with Crippen LogP contribution in [0.2, 0.25) is 0 Å². The Morgan fingerprint density at radius 2 is 1.90 bits per heavy atom. The van der Waals surface area contributed by atoms with Gasteiger partial charge in [0, 0.05) is 64.4 Å². The van der Waals surface area contributed by atoms with Crippen LogP contribution in [0.5, 0.6) is 0 Å². The van der Waals surface area contributed by atoms with Crippen molar-refractivity contribution in [3.05, 3.63) is 46.8 Å². The van der Waals surface area contributed by atoms with Gasteiger partial charge in [0.1, 0.15) is 0 Å². The van der Waals surface area contributed by atoms with Crippen molar-refractivity contribution >= 4 is 33.3 Å². The van der Waals surface area contributed by atoms with Gasteiger partial charge in [-0.15, -0.1) is 0 Å². The number of Topliss-reactive ketones (excluding diaryl/α,β-unsaturated/α-hetero) is 1. The third kappa shape index (κ3) is 2.18. The summed E-state index contributed by atoms with van der Waals surface area (Å²) in [6.45, 7) is 5.47. The van der Waals surface area contributed by atoms with Gasteiger partial charge in [0.05, 0.1) is 11.7 Å². The van der Waals surface area contributed by atoms with Crippen molar-refractivity contribution < 1.29 is 4.79 Å². The third-order valence-electron chi connectivity index (χ3n) is 6.90. The molecule has 2 aliphatic rings. The summed E-state index contributed by atoms with van der Waals surface area (Å²) < 4.78 is 4.46. The van der Waals surface area contributed by atoms with Crippen molar-refractivity contribution in [3.8, 4) is 11.1 Å². The van der Waals surface area contributed by atoms with Crippen molar-refractivity contribution in [2.75, 3.05) is 5.73 Å². The molecule has 4 aromatic rings. The summed E-state index contributed by atoms with van der Waals surface area (Å²) in [6.07, 6.45) is 5.24. The summed E-state index contributed by atoms with van der Waals surface area (Å²) in [5.41, 5.74) is 16.5. The summed E-state index contributed by atoms with van der Waals surface area (Å²) in [6, 6.07) is 6.25. The largest absolute Gasteiger partial charge is 0.399 e. The molecule has 0 atom stereocenters. The zero-order valence-corrected chi connectivity index (χ0v) is 17.7. The van der Waals surface area contributed by atoms with E-state index in [0.717, 1.165) is 48.2 Å². The van der Waals surface area contributed by atoms with Gasteiger partial charge in [-0.3, -0.25) is 9.48 Å². The monoisotopic (exact) mass is 398 g/mol. The fourth-order valence-corrected chi connectivity index (χ4v) is 5.76. The van der Waals surface area contributed by atoms with Gasteiger partial charge in [0.25, 0.3) is 0 Å². The standard InChI is InChI=1S/C25H26N4O/c1-13(2)12-29-20-7-4-14(26)10-17(20)23-15-6-9-21(30)24(15)22-16(25(23)29)5-8-19-18(22)11-27-28(19)3/h4,7,10-11,13H,5-6,8-9,12,26H2,1-3H3. The smallest absolute Gasteiger partial charge is 0.164 e. The fourth-order valence-electron chi connectivity index (χ4n) is 5.76. The molecule has 5 nitrogen and oxygen atoms in total. The number of benzene rings is 2. The van der Waals surface area contributed by atoms with Crippen LogP contribution in [0.3, 0.4) is 0 Å². The number of nitrogen functional groups attached to an aromatic ring is 1. The number of carbonyl (C=O) groups is 1. The Morgan fingerprint density at radius 1 is 1.10 bits per heavy atom. The number of hydrogen-bond acceptors (Lipinski definition) is 3. The van der Waals surface area contributed by atoms with Gasteiger partial charge in [-0.1, -0.05) is 13.8 Å². The van der Waals surface area contributed by atoms with Crippen LogP contribution in [0.4, 0.5) is 5.69 Å². The fraction of sp³-hybridized carbons (Fsp3) is 0.360. The van der Waals surface area contributed by atoms with Crippen LogP contribution in [0, 0.1) is 5.92 Å². The number of aryl methyl sites for hydroxylation is 3. The van der Waals surface area contributed by atoms with E-state index in [1.807, 2.05) is 24.0 Å². The molecular formula is C25H26N4O. The number of ketones is 1. The zero-order chi connectivity index (χ0) is 20.7. The second-order valence-corrected chi connectivity index (χ2v) is 9.26. The molecule has 0 aliphatic heterocycles. The number of aromatic nitrogens is 3. The molecule has 0 spiro atoms. The number of hydrogen-bond donors (Lipinski definition) is 1. The van der Waals surface area contributed by atoms with Gasteiger partial charge in [-0.2, -0.15) is 5.10 Å². The molecule has 2 aromatic carbocycles. The zero-order valence-electron chi connectivity index (χ0n) is 17.7. The SMILES string of the molecule is CC(C)Cn1c2ccc(N)cc2c2c3c(c4c(c21)CCc1c-4cnn1C)C(=O)CC3. The Labute approximate surface area is 175 Å². The Morgan fingerprint density at radius 3 is 2.70 bits per heavy atom. The number of carbonyl (C=O) groups excluding carboxylic acids is 1. The third-order valence-corrected chi connectivity index (χ3v) is 6.90. The molecule has 2 N–H and O–H groups in total. The Kier molecular flexibility index (Phi) is 3.53. The maximum atomic E-state index is 13.1. The van der Waals surface area contributed by atoms with Crippen LogP contribution in [0.15, 0.2) is 24.4 Å². The molecule has 0 fully saturated rings. The van der Waals surface area contributed by atoms with Gasteiger partial charge in [0.15, 0.2) is 5.78 Å². The van der Waals surface area contributed by atoms with Gasteiger partial charge in [-0.25, -0.2) is 0 Å². The van der Waals surface area contributed by atoms with Gasteiger partial charge in [-0.05, 0) is 54.5 Å². The van der Waals surface area contributed by atoms with Crippen LogP contribution < -0.4 is 5.73 Å². The minimum absolute atomic E-state index is 0.272. The number of rotatable bonds is 2. The van der Waals surface area contributed by atoms with E-state index in [4.69, 9.17) is 5.73 Å². The lowest BCUT2D eigenvalue weighted by molar-refractivity contribution is 0.0995. The molecule has 0 saturated heterocycles. The molecule has 2 aliphatic carbocycles. The van der Waals surface area contributed by atoms with E-state index in [9.17, 15) is 4.79 Å². The van der Waals surface area contributed by atoms with E-state index in [-0.39, 0.29) is 5.78 Å². The van der Waals surface area contributed by atoms with E-state index in [1.165, 1.54) is 38.6 Å². The first-order chi connectivity index (χ1) is 14.5. The number of nitrogens with zero attached hydrogens (tertiary/aromatic N) is 3. The van der Waals surface area contributed by atoms with Crippen LogP contribution in [-0.2, 0) is 32.9 Å². The molecule has 5 heteroatoms. The highest BCUT2D eigenvalue weighted by Gasteiger charge is 2.35. The van der Waals surface area contributed by atoms with Crippen LogP contribution in [0.25, 0.3) is 32.9 Å². The Hall–Kier alpha value is -3.08. The molecule has 0 radical (unpaired) electrons. The van der Waals surface area contributed by atoms with Crippen molar-refractivity contribution in [3.63, 3.8) is 0 Å². The summed E-state index contributed by atoms with van der Waals surface area (Å²) in [4.78, 5) is 13.1. The van der Waals surface area contributed by atoms with E-state index in [0.29, 0.717) is 12.3 Å². The first kappa shape index (κ1) is 17.8. The first-order valence-electron chi connectivity index (χ1n) is 10.9. The lowest BCUT2D eigenvalue weighted by Gasteiger charge is -2.23. The molecule has 2 heterocycles. The summed E-state index contributed by atoms with van der Waals surface area (Å²) in [5, 5.41) is 6.98. The highest BCUT2D eigenvalue weighted by Crippen LogP contribution is 2.48. The van der Waals surface area contributed by atoms with Crippen molar-refractivity contribution in [2.45, 2.75) is 46.1 Å². The average molecular weight is 399 g/mol. The predicted molar refractivity (Wildman–Crippen MR) is 121 cm³/mol. The van der Waals surface area contributed by atoms with Crippen molar-refractivity contribution in [2.24, 2.45) is 13.0 Å². The molecule has 152 valence electrons. The van der Waals surface area contributed by atoms with Crippen LogP contribution in [0.1, 0.15) is 47.4 Å². The van der Waals surface area contributed by atoms with E-state index >= 15 is 0 Å². The summed E-state index contributed by atoms with van der Waals surface area (Å²) >= 11 is 0. The molecule has 0 bridgehead atoms. The maximum Gasteiger partial charge on any atom is 0.164 e. The topological polar surface area (TPSA) is 65.8 Å². The molecule has 2 aromatic heterocycles. The van der Waals surface area contributed by atoms with Crippen LogP contribution >= 0.6 is 0 Å². The van der Waals surface area contributed by atoms with E-state index in [1.54, 1.807) is 0 Å². The molecule has 0 unspecified atom stereocenters. The second-order valence-electron chi connectivity index (χ2n) is 9.26. The summed E-state index contributed by atoms with van der Waals surface area (Å²) in [7, 11) is 2.00. The van der Waals surface area contributed by atoms with Gasteiger partial charge >= 0.3 is 0 Å². The summed E-state index contributed by atoms with van der Waals surface area (Å²) in [5.74, 6) is 0.790. The first-order valence-corrected chi connectivity index (χ1v) is 10.9. The van der Waals surface area contributed by atoms with Crippen LogP contribution in [-0.4, -0.2) is 20.1 Å². The number of fused-ring (bicyclic) bond motifs is 10. The van der Waals surface area contributed by atoms with Crippen molar-refractivity contribution in [1.29, 1.82) is 0 Å².